The van der Waals surface area contributed by atoms with Gasteiger partial charge >= 0.3 is 0 Å². The number of hydrogen-bond acceptors (Lipinski definition) is 4. The van der Waals surface area contributed by atoms with E-state index in [1.807, 2.05) is 41.4 Å². The summed E-state index contributed by atoms with van der Waals surface area (Å²) in [6.07, 6.45) is 0. The van der Waals surface area contributed by atoms with E-state index in [9.17, 15) is 0 Å². The van der Waals surface area contributed by atoms with Gasteiger partial charge in [-0.1, -0.05) is 18.2 Å². The van der Waals surface area contributed by atoms with Gasteiger partial charge in [-0.25, -0.2) is 4.98 Å². The van der Waals surface area contributed by atoms with Crippen molar-refractivity contribution in [2.45, 2.75) is 13.0 Å². The maximum atomic E-state index is 6.13. The number of fused-ring (bicyclic) bond motifs is 2. The van der Waals surface area contributed by atoms with E-state index < -0.39 is 0 Å². The van der Waals surface area contributed by atoms with Crippen molar-refractivity contribution in [2.24, 2.45) is 7.05 Å². The fourth-order valence-electron chi connectivity index (χ4n) is 2.98. The van der Waals surface area contributed by atoms with E-state index in [2.05, 4.69) is 16.1 Å². The molecule has 0 saturated carbocycles. The predicted molar refractivity (Wildman–Crippen MR) is 75.7 cm³/mol. The number of para-hydroxylation sites is 1. The third-order valence-corrected chi connectivity index (χ3v) is 3.85. The number of nitrogen functional groups attached to an aromatic ring is 1. The first kappa shape index (κ1) is 11.3. The Kier molecular flexibility index (Phi) is 2.13. The monoisotopic (exact) mass is 269 g/mol. The van der Waals surface area contributed by atoms with Crippen molar-refractivity contribution in [2.75, 3.05) is 12.3 Å². The Bertz CT molecular complexity index is 816. The van der Waals surface area contributed by atoms with Crippen molar-refractivity contribution >= 4 is 17.1 Å². The number of imidazole rings is 1. The second-order valence-corrected chi connectivity index (χ2v) is 5.09. The van der Waals surface area contributed by atoms with E-state index in [0.29, 0.717) is 12.6 Å². The Hall–Kier alpha value is -2.50. The first-order valence-electron chi connectivity index (χ1n) is 6.55. The zero-order valence-corrected chi connectivity index (χ0v) is 11.4. The second-order valence-electron chi connectivity index (χ2n) is 5.09. The van der Waals surface area contributed by atoms with E-state index in [4.69, 9.17) is 10.5 Å². The molecule has 0 bridgehead atoms. The summed E-state index contributed by atoms with van der Waals surface area (Å²) in [5.41, 5.74) is 9.94. The average Bonchev–Trinajstić information content (AvgIpc) is 3.06. The number of ether oxygens (including phenoxy) is 1. The van der Waals surface area contributed by atoms with Crippen LogP contribution in [0, 0.1) is 6.92 Å². The van der Waals surface area contributed by atoms with Crippen molar-refractivity contribution < 1.29 is 4.74 Å². The smallest absolute Gasteiger partial charge is 0.203 e. The molecule has 0 radical (unpaired) electrons. The van der Waals surface area contributed by atoms with E-state index >= 15 is 0 Å². The number of rotatable bonds is 1. The summed E-state index contributed by atoms with van der Waals surface area (Å²) in [5, 5.41) is 4.42. The van der Waals surface area contributed by atoms with Crippen LogP contribution in [0.2, 0.25) is 0 Å². The normalized spacial score (nSPS) is 17.4. The van der Waals surface area contributed by atoms with Crippen molar-refractivity contribution in [1.29, 1.82) is 0 Å². The topological polar surface area (TPSA) is 70.9 Å². The molecule has 102 valence electrons. The maximum Gasteiger partial charge on any atom is 0.203 e. The highest BCUT2D eigenvalue weighted by Crippen LogP contribution is 2.37. The predicted octanol–water partition coefficient (Wildman–Crippen LogP) is 1.64. The molecule has 1 aromatic carbocycles. The summed E-state index contributed by atoms with van der Waals surface area (Å²) in [4.78, 5) is 4.45. The summed E-state index contributed by atoms with van der Waals surface area (Å²) in [6.45, 7) is 2.51. The molecule has 20 heavy (non-hydrogen) atoms. The first-order chi connectivity index (χ1) is 9.66. The van der Waals surface area contributed by atoms with Crippen molar-refractivity contribution in [3.05, 3.63) is 35.5 Å². The maximum absolute atomic E-state index is 6.13. The summed E-state index contributed by atoms with van der Waals surface area (Å²) in [6, 6.07) is 8.09. The van der Waals surface area contributed by atoms with Gasteiger partial charge in [0.1, 0.15) is 23.9 Å². The molecule has 0 spiro atoms. The zero-order valence-electron chi connectivity index (χ0n) is 11.4. The van der Waals surface area contributed by atoms with E-state index in [0.717, 1.165) is 28.2 Å². The fourth-order valence-corrected chi connectivity index (χ4v) is 2.98. The van der Waals surface area contributed by atoms with Crippen LogP contribution in [0.5, 0.6) is 5.75 Å². The number of hydrogen-bond donors (Lipinski definition) is 1. The highest BCUT2D eigenvalue weighted by Gasteiger charge is 2.30. The molecule has 0 fully saturated rings. The Morgan fingerprint density at radius 3 is 3.00 bits per heavy atom. The summed E-state index contributed by atoms with van der Waals surface area (Å²) in [5.74, 6) is 1.42. The van der Waals surface area contributed by atoms with Crippen molar-refractivity contribution in [1.82, 2.24) is 19.3 Å². The first-order valence-corrected chi connectivity index (χ1v) is 6.55. The third-order valence-electron chi connectivity index (χ3n) is 3.85. The van der Waals surface area contributed by atoms with Gasteiger partial charge in [-0.15, -0.1) is 0 Å². The van der Waals surface area contributed by atoms with Crippen LogP contribution in [0.15, 0.2) is 24.3 Å². The molecular weight excluding hydrogens is 254 g/mol. The minimum Gasteiger partial charge on any atom is -0.491 e. The molecule has 0 aliphatic carbocycles. The lowest BCUT2D eigenvalue weighted by Gasteiger charge is -2.13. The summed E-state index contributed by atoms with van der Waals surface area (Å²) >= 11 is 0. The SMILES string of the molecule is Cc1nn(C)c2c1nc(N)n2C1COc2ccccc21. The zero-order chi connectivity index (χ0) is 13.9. The molecule has 4 rings (SSSR count). The molecule has 1 aliphatic heterocycles. The second kappa shape index (κ2) is 3.75. The molecule has 6 heteroatoms. The van der Waals surface area contributed by atoms with Gasteiger partial charge in [0.15, 0.2) is 5.65 Å². The lowest BCUT2D eigenvalue weighted by Crippen LogP contribution is -2.16. The minimum absolute atomic E-state index is 0.0472. The van der Waals surface area contributed by atoms with Crippen LogP contribution < -0.4 is 10.5 Å². The molecule has 3 heterocycles. The van der Waals surface area contributed by atoms with Gasteiger partial charge in [0.05, 0.1) is 5.69 Å². The quantitative estimate of drug-likeness (QED) is 0.729. The van der Waals surface area contributed by atoms with Gasteiger partial charge in [-0.3, -0.25) is 9.25 Å². The van der Waals surface area contributed by atoms with Crippen molar-refractivity contribution in [3.8, 4) is 5.75 Å². The van der Waals surface area contributed by atoms with E-state index in [-0.39, 0.29) is 6.04 Å². The number of aryl methyl sites for hydroxylation is 2. The third kappa shape index (κ3) is 1.33. The molecule has 0 saturated heterocycles. The van der Waals surface area contributed by atoms with Gasteiger partial charge in [0.25, 0.3) is 0 Å². The fraction of sp³-hybridized carbons (Fsp3) is 0.286. The van der Waals surface area contributed by atoms with Crippen LogP contribution in [0.4, 0.5) is 5.95 Å². The number of aromatic nitrogens is 4. The molecule has 0 amide bonds. The van der Waals surface area contributed by atoms with Gasteiger partial charge in [-0.05, 0) is 13.0 Å². The average molecular weight is 269 g/mol. The van der Waals surface area contributed by atoms with Crippen LogP contribution in [0.1, 0.15) is 17.3 Å². The standard InChI is InChI=1S/C14H15N5O/c1-8-12-13(18(2)17-8)19(14(15)16-12)10-7-20-11-6-4-3-5-9(10)11/h3-6,10H,7H2,1-2H3,(H2,15,16). The van der Waals surface area contributed by atoms with Gasteiger partial charge in [-0.2, -0.15) is 5.10 Å². The Balaban J connectivity index is 1.98. The molecule has 1 atom stereocenters. The molecular formula is C14H15N5O. The van der Waals surface area contributed by atoms with E-state index in [1.165, 1.54) is 0 Å². The molecule has 2 N–H and O–H groups in total. The highest BCUT2D eigenvalue weighted by atomic mass is 16.5. The Labute approximate surface area is 115 Å². The van der Waals surface area contributed by atoms with Gasteiger partial charge in [0.2, 0.25) is 5.95 Å². The highest BCUT2D eigenvalue weighted by molar-refractivity contribution is 5.78. The van der Waals surface area contributed by atoms with Gasteiger partial charge < -0.3 is 10.5 Å². The molecule has 1 unspecified atom stereocenters. The summed E-state index contributed by atoms with van der Waals surface area (Å²) < 4.78 is 9.60. The molecule has 6 nitrogen and oxygen atoms in total. The lowest BCUT2D eigenvalue weighted by atomic mass is 10.1. The van der Waals surface area contributed by atoms with Crippen LogP contribution >= 0.6 is 0 Å². The number of anilines is 1. The number of benzene rings is 1. The summed E-state index contributed by atoms with van der Waals surface area (Å²) in [7, 11) is 1.91. The molecule has 1 aliphatic rings. The number of nitrogens with two attached hydrogens (primary N) is 1. The van der Waals surface area contributed by atoms with Crippen molar-refractivity contribution in [3.63, 3.8) is 0 Å². The minimum atomic E-state index is 0.0472. The van der Waals surface area contributed by atoms with E-state index in [1.54, 1.807) is 0 Å². The lowest BCUT2D eigenvalue weighted by molar-refractivity contribution is 0.319. The Morgan fingerprint density at radius 1 is 1.35 bits per heavy atom. The van der Waals surface area contributed by atoms with Crippen LogP contribution in [-0.2, 0) is 7.05 Å². The molecule has 3 aromatic rings. The largest absolute Gasteiger partial charge is 0.491 e. The Morgan fingerprint density at radius 2 is 2.15 bits per heavy atom. The molecule has 2 aromatic heterocycles. The van der Waals surface area contributed by atoms with Crippen LogP contribution in [0.3, 0.4) is 0 Å². The van der Waals surface area contributed by atoms with Crippen LogP contribution in [-0.4, -0.2) is 25.9 Å². The number of nitrogens with zero attached hydrogens (tertiary/aromatic N) is 4. The van der Waals surface area contributed by atoms with Crippen LogP contribution in [0.25, 0.3) is 11.2 Å². The van der Waals surface area contributed by atoms with Gasteiger partial charge in [0, 0.05) is 12.6 Å².